The Labute approximate surface area is 366 Å². The third-order valence-electron chi connectivity index (χ3n) is 11.6. The van der Waals surface area contributed by atoms with Crippen LogP contribution in [-0.2, 0) is 14.3 Å². The lowest BCUT2D eigenvalue weighted by atomic mass is 10.1. The van der Waals surface area contributed by atoms with Gasteiger partial charge in [-0.15, -0.1) is 0 Å². The van der Waals surface area contributed by atoms with Crippen LogP contribution >= 0.6 is 0 Å². The Morgan fingerprint density at radius 2 is 0.797 bits per heavy atom. The zero-order valence-electron chi connectivity index (χ0n) is 39.2. The van der Waals surface area contributed by atoms with Gasteiger partial charge in [0.05, 0.1) is 25.4 Å². The predicted molar refractivity (Wildman–Crippen MR) is 255 cm³/mol. The molecule has 1 amide bonds. The molecule has 0 rings (SSSR count). The molecule has 0 aromatic carbocycles. The summed E-state index contributed by atoms with van der Waals surface area (Å²) in [5.41, 5.74) is 0. The maximum Gasteiger partial charge on any atom is 0.305 e. The van der Waals surface area contributed by atoms with Crippen LogP contribution in [0.2, 0.25) is 0 Å². The number of carbonyl (C=O) groups is 2. The minimum atomic E-state index is -0.853. The van der Waals surface area contributed by atoms with E-state index >= 15 is 0 Å². The minimum Gasteiger partial charge on any atom is -0.466 e. The summed E-state index contributed by atoms with van der Waals surface area (Å²) >= 11 is 0. The summed E-state index contributed by atoms with van der Waals surface area (Å²) in [6.07, 6.45) is 58.6. The first-order valence-electron chi connectivity index (χ1n) is 25.8. The summed E-state index contributed by atoms with van der Waals surface area (Å²) < 4.78 is 5.46. The number of allylic oxidation sites excluding steroid dienone is 5. The van der Waals surface area contributed by atoms with Crippen molar-refractivity contribution in [3.05, 3.63) is 36.5 Å². The second-order valence-corrected chi connectivity index (χ2v) is 17.5. The highest BCUT2D eigenvalue weighted by molar-refractivity contribution is 5.76. The number of aliphatic hydroxyl groups excluding tert-OH is 2. The van der Waals surface area contributed by atoms with E-state index in [0.717, 1.165) is 64.2 Å². The molecule has 0 heterocycles. The number of unbranched alkanes of at least 4 members (excludes halogenated alkanes) is 32. The lowest BCUT2D eigenvalue weighted by Crippen LogP contribution is -2.45. The van der Waals surface area contributed by atoms with Crippen molar-refractivity contribution in [1.29, 1.82) is 0 Å². The highest BCUT2D eigenvalue weighted by atomic mass is 16.5. The summed E-state index contributed by atoms with van der Waals surface area (Å²) in [5.74, 6) is -0.100. The van der Waals surface area contributed by atoms with Crippen LogP contribution in [0.5, 0.6) is 0 Å². The molecule has 0 aliphatic rings. The Morgan fingerprint density at radius 3 is 1.20 bits per heavy atom. The maximum atomic E-state index is 12.4. The first-order chi connectivity index (χ1) is 29.0. The molecular formula is C53H99NO5. The average molecular weight is 830 g/mol. The predicted octanol–water partition coefficient (Wildman–Crippen LogP) is 15.3. The number of esters is 1. The van der Waals surface area contributed by atoms with Gasteiger partial charge in [-0.3, -0.25) is 9.59 Å². The van der Waals surface area contributed by atoms with Crippen LogP contribution in [0, 0.1) is 0 Å². The van der Waals surface area contributed by atoms with Crippen LogP contribution in [0.3, 0.4) is 0 Å². The van der Waals surface area contributed by atoms with Gasteiger partial charge in [-0.1, -0.05) is 204 Å². The Bertz CT molecular complexity index is 962. The average Bonchev–Trinajstić information content (AvgIpc) is 3.24. The second-order valence-electron chi connectivity index (χ2n) is 17.5. The number of hydrogen-bond acceptors (Lipinski definition) is 5. The standard InChI is InChI=1S/C53H99NO5/c1-3-5-7-9-11-13-15-16-17-21-24-27-31-35-39-43-47-53(58)59-48-44-40-36-32-28-25-22-19-18-20-23-26-30-34-38-42-46-52(57)54-50(49-55)51(56)45-41-37-33-29-14-12-10-8-6-4-2/h17-18,20-21,41,45,50-51,55-56H,3-16,19,22-40,42-44,46-49H2,1-2H3,(H,54,57)/b20-18-,21-17-,45-41+. The number of aliphatic hydroxyl groups is 2. The maximum absolute atomic E-state index is 12.4. The zero-order chi connectivity index (χ0) is 43.0. The van der Waals surface area contributed by atoms with E-state index in [0.29, 0.717) is 19.4 Å². The van der Waals surface area contributed by atoms with E-state index < -0.39 is 12.1 Å². The van der Waals surface area contributed by atoms with E-state index in [1.165, 1.54) is 173 Å². The van der Waals surface area contributed by atoms with Crippen molar-refractivity contribution in [3.8, 4) is 0 Å². The first-order valence-corrected chi connectivity index (χ1v) is 25.8. The van der Waals surface area contributed by atoms with Crippen molar-refractivity contribution >= 4 is 11.9 Å². The molecule has 0 saturated heterocycles. The molecule has 2 atom stereocenters. The van der Waals surface area contributed by atoms with Gasteiger partial charge in [0.15, 0.2) is 0 Å². The van der Waals surface area contributed by atoms with E-state index in [4.69, 9.17) is 4.74 Å². The number of rotatable bonds is 47. The fraction of sp³-hybridized carbons (Fsp3) is 0.849. The molecule has 0 aromatic rings. The van der Waals surface area contributed by atoms with Gasteiger partial charge in [-0.25, -0.2) is 0 Å². The van der Waals surface area contributed by atoms with Gasteiger partial charge in [0.2, 0.25) is 5.91 Å². The Hall–Kier alpha value is -1.92. The molecule has 3 N–H and O–H groups in total. The molecule has 0 bridgehead atoms. The van der Waals surface area contributed by atoms with E-state index in [1.54, 1.807) is 6.08 Å². The van der Waals surface area contributed by atoms with Crippen LogP contribution in [-0.4, -0.2) is 47.4 Å². The van der Waals surface area contributed by atoms with Crippen molar-refractivity contribution in [2.45, 2.75) is 276 Å². The summed E-state index contributed by atoms with van der Waals surface area (Å²) in [4.78, 5) is 24.4. The van der Waals surface area contributed by atoms with Gasteiger partial charge in [0.25, 0.3) is 0 Å². The topological polar surface area (TPSA) is 95.9 Å². The Balaban J connectivity index is 3.48. The molecule has 0 aliphatic carbocycles. The van der Waals surface area contributed by atoms with Crippen LogP contribution < -0.4 is 5.32 Å². The second kappa shape index (κ2) is 48.7. The van der Waals surface area contributed by atoms with E-state index in [1.807, 2.05) is 6.08 Å². The van der Waals surface area contributed by atoms with Crippen LogP contribution in [0.4, 0.5) is 0 Å². The number of hydrogen-bond donors (Lipinski definition) is 3. The van der Waals surface area contributed by atoms with Crippen molar-refractivity contribution in [3.63, 3.8) is 0 Å². The third-order valence-corrected chi connectivity index (χ3v) is 11.6. The van der Waals surface area contributed by atoms with Crippen molar-refractivity contribution in [2.24, 2.45) is 0 Å². The first kappa shape index (κ1) is 57.1. The van der Waals surface area contributed by atoms with Gasteiger partial charge < -0.3 is 20.3 Å². The van der Waals surface area contributed by atoms with Gasteiger partial charge in [-0.05, 0) is 83.5 Å². The highest BCUT2D eigenvalue weighted by Gasteiger charge is 2.18. The Morgan fingerprint density at radius 1 is 0.458 bits per heavy atom. The summed E-state index contributed by atoms with van der Waals surface area (Å²) in [7, 11) is 0. The molecule has 0 fully saturated rings. The smallest absolute Gasteiger partial charge is 0.305 e. The monoisotopic (exact) mass is 830 g/mol. The molecule has 0 radical (unpaired) electrons. The normalized spacial score (nSPS) is 12.9. The number of amides is 1. The number of nitrogens with one attached hydrogen (secondary N) is 1. The molecule has 0 aliphatic heterocycles. The van der Waals surface area contributed by atoms with E-state index in [2.05, 4.69) is 43.5 Å². The Kier molecular flexibility index (Phi) is 47.2. The fourth-order valence-electron chi connectivity index (χ4n) is 7.62. The van der Waals surface area contributed by atoms with Crippen LogP contribution in [0.1, 0.15) is 264 Å². The molecule has 6 heteroatoms. The summed E-state index contributed by atoms with van der Waals surface area (Å²) in [6, 6.07) is -0.638. The van der Waals surface area contributed by atoms with Gasteiger partial charge in [-0.2, -0.15) is 0 Å². The van der Waals surface area contributed by atoms with E-state index in [-0.39, 0.29) is 18.5 Å². The molecular weight excluding hydrogens is 731 g/mol. The quantitative estimate of drug-likeness (QED) is 0.0323. The molecule has 0 aromatic heterocycles. The molecule has 59 heavy (non-hydrogen) atoms. The molecule has 346 valence electrons. The van der Waals surface area contributed by atoms with Crippen molar-refractivity contribution < 1.29 is 24.5 Å². The highest BCUT2D eigenvalue weighted by Crippen LogP contribution is 2.14. The zero-order valence-corrected chi connectivity index (χ0v) is 39.2. The van der Waals surface area contributed by atoms with Crippen LogP contribution in [0.25, 0.3) is 0 Å². The lowest BCUT2D eigenvalue weighted by Gasteiger charge is -2.20. The third kappa shape index (κ3) is 45.4. The summed E-state index contributed by atoms with van der Waals surface area (Å²) in [6.45, 7) is 4.84. The van der Waals surface area contributed by atoms with Crippen LogP contribution in [0.15, 0.2) is 36.5 Å². The van der Waals surface area contributed by atoms with Gasteiger partial charge in [0, 0.05) is 12.8 Å². The van der Waals surface area contributed by atoms with Crippen molar-refractivity contribution in [1.82, 2.24) is 5.32 Å². The SMILES string of the molecule is CCCCCCCCC/C=C\CCCCCCCC(=O)OCCCCCCCCC/C=C\CCCCCCCC(=O)NC(CO)C(O)/C=C/CCCCCCCCCC. The van der Waals surface area contributed by atoms with Crippen molar-refractivity contribution in [2.75, 3.05) is 13.2 Å². The molecule has 0 spiro atoms. The lowest BCUT2D eigenvalue weighted by molar-refractivity contribution is -0.143. The van der Waals surface area contributed by atoms with Gasteiger partial charge in [0.1, 0.15) is 0 Å². The minimum absolute atomic E-state index is 0.0122. The van der Waals surface area contributed by atoms with Gasteiger partial charge >= 0.3 is 5.97 Å². The molecule has 2 unspecified atom stereocenters. The number of ether oxygens (including phenoxy) is 1. The van der Waals surface area contributed by atoms with E-state index in [9.17, 15) is 19.8 Å². The molecule has 6 nitrogen and oxygen atoms in total. The largest absolute Gasteiger partial charge is 0.466 e. The summed E-state index contributed by atoms with van der Waals surface area (Å²) in [5, 5.41) is 22.9. The number of carbonyl (C=O) groups excluding carboxylic acids is 2. The fourth-order valence-corrected chi connectivity index (χ4v) is 7.62. The molecule has 0 saturated carbocycles.